The number of hydrogen-bond donors (Lipinski definition) is 1. The zero-order valence-corrected chi connectivity index (χ0v) is 9.34. The summed E-state index contributed by atoms with van der Waals surface area (Å²) < 4.78 is 0. The minimum absolute atomic E-state index is 0.741. The fourth-order valence-electron chi connectivity index (χ4n) is 1.28. The summed E-state index contributed by atoms with van der Waals surface area (Å²) >= 11 is 0. The summed E-state index contributed by atoms with van der Waals surface area (Å²) in [6.45, 7) is 7.44. The number of nitrogens with zero attached hydrogens (tertiary/aromatic N) is 1. The van der Waals surface area contributed by atoms with Gasteiger partial charge in [-0.05, 0) is 12.3 Å². The van der Waals surface area contributed by atoms with Gasteiger partial charge in [0.05, 0.1) is 5.84 Å². The van der Waals surface area contributed by atoms with Crippen LogP contribution in [-0.4, -0.2) is 12.4 Å². The Morgan fingerprint density at radius 1 is 1.31 bits per heavy atom. The lowest BCUT2D eigenvalue weighted by Crippen LogP contribution is -2.13. The molecule has 0 aromatic carbocycles. The SMILES string of the molecule is CCCCC(CC)CN=C(N)CC. The molecule has 0 aliphatic rings. The fraction of sp³-hybridized carbons (Fsp3) is 0.909. The summed E-state index contributed by atoms with van der Waals surface area (Å²) in [5.74, 6) is 1.54. The molecule has 0 aliphatic carbocycles. The molecule has 1 unspecified atom stereocenters. The van der Waals surface area contributed by atoms with Gasteiger partial charge in [-0.3, -0.25) is 4.99 Å². The van der Waals surface area contributed by atoms with E-state index in [1.165, 1.54) is 25.7 Å². The Morgan fingerprint density at radius 2 is 2.00 bits per heavy atom. The van der Waals surface area contributed by atoms with E-state index in [2.05, 4.69) is 18.8 Å². The molecular weight excluding hydrogens is 160 g/mol. The Hall–Kier alpha value is -0.530. The Labute approximate surface area is 82.6 Å². The number of hydrogen-bond acceptors (Lipinski definition) is 1. The van der Waals surface area contributed by atoms with E-state index < -0.39 is 0 Å². The molecule has 0 aromatic rings. The van der Waals surface area contributed by atoms with Crippen LogP contribution >= 0.6 is 0 Å². The first-order valence-electron chi connectivity index (χ1n) is 5.53. The average Bonchev–Trinajstić information content (AvgIpc) is 2.17. The first-order valence-corrected chi connectivity index (χ1v) is 5.53. The number of rotatable bonds is 7. The molecule has 2 N–H and O–H groups in total. The molecule has 0 saturated carbocycles. The molecule has 0 heterocycles. The van der Waals surface area contributed by atoms with Gasteiger partial charge in [0.2, 0.25) is 0 Å². The highest BCUT2D eigenvalue weighted by Crippen LogP contribution is 2.12. The maximum absolute atomic E-state index is 5.65. The van der Waals surface area contributed by atoms with Crippen molar-refractivity contribution in [2.75, 3.05) is 6.54 Å². The zero-order valence-electron chi connectivity index (χ0n) is 9.34. The van der Waals surface area contributed by atoms with Crippen LogP contribution in [0.1, 0.15) is 52.9 Å². The van der Waals surface area contributed by atoms with Gasteiger partial charge in [0.1, 0.15) is 0 Å². The maximum atomic E-state index is 5.65. The lowest BCUT2D eigenvalue weighted by Gasteiger charge is -2.11. The lowest BCUT2D eigenvalue weighted by molar-refractivity contribution is 0.462. The minimum atomic E-state index is 0.741. The van der Waals surface area contributed by atoms with Crippen molar-refractivity contribution >= 4 is 5.84 Å². The van der Waals surface area contributed by atoms with Crippen molar-refractivity contribution in [2.45, 2.75) is 52.9 Å². The Morgan fingerprint density at radius 3 is 2.46 bits per heavy atom. The lowest BCUT2D eigenvalue weighted by atomic mass is 10.00. The Bertz CT molecular complexity index is 141. The summed E-state index contributed by atoms with van der Waals surface area (Å²) in [5.41, 5.74) is 5.65. The van der Waals surface area contributed by atoms with Gasteiger partial charge >= 0.3 is 0 Å². The number of unbranched alkanes of at least 4 members (excludes halogenated alkanes) is 1. The van der Waals surface area contributed by atoms with Crippen molar-refractivity contribution < 1.29 is 0 Å². The Balaban J connectivity index is 3.70. The van der Waals surface area contributed by atoms with Crippen LogP contribution in [0.5, 0.6) is 0 Å². The van der Waals surface area contributed by atoms with Crippen molar-refractivity contribution in [3.63, 3.8) is 0 Å². The Kier molecular flexibility index (Phi) is 7.76. The van der Waals surface area contributed by atoms with Gasteiger partial charge in [-0.15, -0.1) is 0 Å². The van der Waals surface area contributed by atoms with E-state index in [9.17, 15) is 0 Å². The van der Waals surface area contributed by atoms with E-state index in [0.717, 1.165) is 24.7 Å². The summed E-state index contributed by atoms with van der Waals surface area (Å²) in [6, 6.07) is 0. The second-order valence-electron chi connectivity index (χ2n) is 3.60. The first-order chi connectivity index (χ1) is 6.24. The van der Waals surface area contributed by atoms with Gasteiger partial charge in [0.15, 0.2) is 0 Å². The highest BCUT2D eigenvalue weighted by atomic mass is 14.8. The van der Waals surface area contributed by atoms with E-state index in [0.29, 0.717) is 0 Å². The molecular formula is C11H24N2. The van der Waals surface area contributed by atoms with Gasteiger partial charge in [-0.1, -0.05) is 40.0 Å². The van der Waals surface area contributed by atoms with E-state index in [-0.39, 0.29) is 0 Å². The molecule has 0 bridgehead atoms. The molecule has 0 rings (SSSR count). The highest BCUT2D eigenvalue weighted by Gasteiger charge is 2.04. The largest absolute Gasteiger partial charge is 0.387 e. The van der Waals surface area contributed by atoms with Crippen LogP contribution in [0.15, 0.2) is 4.99 Å². The molecule has 0 amide bonds. The number of nitrogens with two attached hydrogens (primary N) is 1. The van der Waals surface area contributed by atoms with Crippen molar-refractivity contribution in [3.8, 4) is 0 Å². The molecule has 2 nitrogen and oxygen atoms in total. The third-order valence-electron chi connectivity index (χ3n) is 2.46. The molecule has 0 radical (unpaired) electrons. The summed E-state index contributed by atoms with van der Waals surface area (Å²) in [5, 5.41) is 0. The molecule has 0 aromatic heterocycles. The summed E-state index contributed by atoms with van der Waals surface area (Å²) in [6.07, 6.45) is 6.00. The van der Waals surface area contributed by atoms with Crippen molar-refractivity contribution in [1.29, 1.82) is 0 Å². The number of amidine groups is 1. The zero-order chi connectivity index (χ0) is 10.1. The second-order valence-corrected chi connectivity index (χ2v) is 3.60. The standard InChI is InChI=1S/C11H24N2/c1-4-7-8-10(5-2)9-13-11(12)6-3/h10H,4-9H2,1-3H3,(H2,12,13). The molecule has 0 aliphatic heterocycles. The van der Waals surface area contributed by atoms with Crippen molar-refractivity contribution in [1.82, 2.24) is 0 Å². The number of aliphatic imine (C=N–C) groups is 1. The van der Waals surface area contributed by atoms with Crippen LogP contribution < -0.4 is 5.73 Å². The average molecular weight is 184 g/mol. The smallest absolute Gasteiger partial charge is 0.0934 e. The molecule has 0 saturated heterocycles. The topological polar surface area (TPSA) is 38.4 Å². The highest BCUT2D eigenvalue weighted by molar-refractivity contribution is 5.79. The van der Waals surface area contributed by atoms with Gasteiger partial charge in [-0.25, -0.2) is 0 Å². The van der Waals surface area contributed by atoms with E-state index in [4.69, 9.17) is 5.73 Å². The molecule has 1 atom stereocenters. The van der Waals surface area contributed by atoms with Gasteiger partial charge in [0, 0.05) is 13.0 Å². The minimum Gasteiger partial charge on any atom is -0.387 e. The van der Waals surface area contributed by atoms with Crippen LogP contribution in [0.3, 0.4) is 0 Å². The molecule has 0 spiro atoms. The first kappa shape index (κ1) is 12.5. The fourth-order valence-corrected chi connectivity index (χ4v) is 1.28. The second kappa shape index (κ2) is 8.09. The predicted molar refractivity (Wildman–Crippen MR) is 60.1 cm³/mol. The van der Waals surface area contributed by atoms with Crippen LogP contribution in [0.25, 0.3) is 0 Å². The maximum Gasteiger partial charge on any atom is 0.0934 e. The van der Waals surface area contributed by atoms with E-state index in [1.54, 1.807) is 0 Å². The third-order valence-corrected chi connectivity index (χ3v) is 2.46. The van der Waals surface area contributed by atoms with Crippen LogP contribution in [0.2, 0.25) is 0 Å². The van der Waals surface area contributed by atoms with Crippen molar-refractivity contribution in [2.24, 2.45) is 16.6 Å². The molecule has 78 valence electrons. The van der Waals surface area contributed by atoms with E-state index >= 15 is 0 Å². The van der Waals surface area contributed by atoms with Gasteiger partial charge in [-0.2, -0.15) is 0 Å². The monoisotopic (exact) mass is 184 g/mol. The van der Waals surface area contributed by atoms with E-state index in [1.807, 2.05) is 6.92 Å². The normalized spacial score (nSPS) is 14.5. The van der Waals surface area contributed by atoms with Crippen LogP contribution in [0.4, 0.5) is 0 Å². The summed E-state index contributed by atoms with van der Waals surface area (Å²) in [4.78, 5) is 4.36. The van der Waals surface area contributed by atoms with Crippen LogP contribution in [0, 0.1) is 5.92 Å². The quantitative estimate of drug-likeness (QED) is 0.479. The van der Waals surface area contributed by atoms with Crippen molar-refractivity contribution in [3.05, 3.63) is 0 Å². The summed E-state index contributed by atoms with van der Waals surface area (Å²) in [7, 11) is 0. The molecule has 0 fully saturated rings. The third kappa shape index (κ3) is 6.62. The van der Waals surface area contributed by atoms with Crippen LogP contribution in [-0.2, 0) is 0 Å². The van der Waals surface area contributed by atoms with Gasteiger partial charge in [0.25, 0.3) is 0 Å². The predicted octanol–water partition coefficient (Wildman–Crippen LogP) is 2.97. The molecule has 2 heteroatoms. The van der Waals surface area contributed by atoms with Gasteiger partial charge < -0.3 is 5.73 Å². The molecule has 13 heavy (non-hydrogen) atoms.